The Balaban J connectivity index is 2.51. The van der Waals surface area contributed by atoms with Gasteiger partial charge >= 0.3 is 5.97 Å². The number of hydrogen-bond donors (Lipinski definition) is 2. The third kappa shape index (κ3) is 4.83. The van der Waals surface area contributed by atoms with Gasteiger partial charge in [0.25, 0.3) is 0 Å². The molecule has 1 rings (SSSR count). The molecule has 102 valence electrons. The van der Waals surface area contributed by atoms with Gasteiger partial charge in [-0.1, -0.05) is 18.2 Å². The van der Waals surface area contributed by atoms with Gasteiger partial charge in [-0.15, -0.1) is 6.58 Å². The highest BCUT2D eigenvalue weighted by Gasteiger charge is 2.10. The van der Waals surface area contributed by atoms with Crippen LogP contribution in [0, 0.1) is 0 Å². The molecule has 5 nitrogen and oxygen atoms in total. The minimum atomic E-state index is -0.404. The van der Waals surface area contributed by atoms with Crippen LogP contribution in [0.15, 0.2) is 36.9 Å². The van der Waals surface area contributed by atoms with Crippen molar-refractivity contribution in [1.82, 2.24) is 5.32 Å². The molecular formula is C14H18N2O3. The quantitative estimate of drug-likeness (QED) is 0.578. The smallest absolute Gasteiger partial charge is 0.339 e. The third-order valence-electron chi connectivity index (χ3n) is 2.44. The number of carbonyl (C=O) groups excluding carboxylic acids is 2. The molecule has 1 amide bonds. The molecule has 0 saturated heterocycles. The second-order valence-electron chi connectivity index (χ2n) is 3.81. The van der Waals surface area contributed by atoms with E-state index in [4.69, 9.17) is 0 Å². The van der Waals surface area contributed by atoms with Crippen LogP contribution in [-0.4, -0.2) is 32.1 Å². The average Bonchev–Trinajstić information content (AvgIpc) is 2.44. The number of amides is 1. The van der Waals surface area contributed by atoms with Gasteiger partial charge in [-0.25, -0.2) is 4.79 Å². The van der Waals surface area contributed by atoms with E-state index in [1.54, 1.807) is 24.3 Å². The summed E-state index contributed by atoms with van der Waals surface area (Å²) in [5.41, 5.74) is 1.11. The molecule has 1 aromatic carbocycles. The van der Waals surface area contributed by atoms with Gasteiger partial charge in [0.1, 0.15) is 0 Å². The summed E-state index contributed by atoms with van der Waals surface area (Å²) in [7, 11) is 1.34. The molecule has 0 aliphatic heterocycles. The zero-order chi connectivity index (χ0) is 14.1. The SMILES string of the molecule is C=CCNC(=O)CCNc1ccccc1C(=O)OC. The third-order valence-corrected chi connectivity index (χ3v) is 2.44. The topological polar surface area (TPSA) is 67.4 Å². The highest BCUT2D eigenvalue weighted by Crippen LogP contribution is 2.15. The lowest BCUT2D eigenvalue weighted by atomic mass is 10.2. The fourth-order valence-electron chi connectivity index (χ4n) is 1.51. The lowest BCUT2D eigenvalue weighted by Gasteiger charge is -2.10. The molecule has 2 N–H and O–H groups in total. The predicted octanol–water partition coefficient (Wildman–Crippen LogP) is 1.58. The van der Waals surface area contributed by atoms with Crippen molar-refractivity contribution in [2.45, 2.75) is 6.42 Å². The predicted molar refractivity (Wildman–Crippen MR) is 74.1 cm³/mol. The van der Waals surface area contributed by atoms with E-state index < -0.39 is 5.97 Å². The van der Waals surface area contributed by atoms with Crippen molar-refractivity contribution in [3.8, 4) is 0 Å². The Bertz CT molecular complexity index is 458. The molecule has 0 aromatic heterocycles. The molecule has 0 unspecified atom stereocenters. The Morgan fingerprint density at radius 1 is 1.37 bits per heavy atom. The standard InChI is InChI=1S/C14H18N2O3/c1-3-9-16-13(17)8-10-15-12-7-5-4-6-11(12)14(18)19-2/h3-7,15H,1,8-10H2,2H3,(H,16,17). The van der Waals surface area contributed by atoms with E-state index in [1.807, 2.05) is 6.07 Å². The second kappa shape index (κ2) is 7.92. The van der Waals surface area contributed by atoms with Gasteiger partial charge in [-0.3, -0.25) is 4.79 Å². The van der Waals surface area contributed by atoms with Crippen LogP contribution in [0.4, 0.5) is 5.69 Å². The molecule has 0 spiro atoms. The molecule has 0 radical (unpaired) electrons. The maximum atomic E-state index is 11.5. The van der Waals surface area contributed by atoms with E-state index in [-0.39, 0.29) is 5.91 Å². The molecule has 0 bridgehead atoms. The first-order chi connectivity index (χ1) is 9.19. The summed E-state index contributed by atoms with van der Waals surface area (Å²) < 4.78 is 4.69. The van der Waals surface area contributed by atoms with Crippen molar-refractivity contribution in [1.29, 1.82) is 0 Å². The second-order valence-corrected chi connectivity index (χ2v) is 3.81. The molecule has 0 fully saturated rings. The number of para-hydroxylation sites is 1. The van der Waals surface area contributed by atoms with Crippen molar-refractivity contribution in [2.75, 3.05) is 25.5 Å². The first-order valence-corrected chi connectivity index (χ1v) is 5.98. The van der Waals surface area contributed by atoms with Crippen molar-refractivity contribution in [2.24, 2.45) is 0 Å². The molecule has 5 heteroatoms. The normalized spacial score (nSPS) is 9.53. The van der Waals surface area contributed by atoms with E-state index in [0.717, 1.165) is 0 Å². The Labute approximate surface area is 112 Å². The van der Waals surface area contributed by atoms with E-state index in [0.29, 0.717) is 30.8 Å². The van der Waals surface area contributed by atoms with E-state index in [1.165, 1.54) is 7.11 Å². The highest BCUT2D eigenvalue weighted by atomic mass is 16.5. The Morgan fingerprint density at radius 3 is 2.79 bits per heavy atom. The Kier molecular flexibility index (Phi) is 6.15. The number of anilines is 1. The van der Waals surface area contributed by atoms with Gasteiger partial charge in [-0.05, 0) is 12.1 Å². The summed E-state index contributed by atoms with van der Waals surface area (Å²) in [4.78, 5) is 22.9. The summed E-state index contributed by atoms with van der Waals surface area (Å²) >= 11 is 0. The number of ether oxygens (including phenoxy) is 1. The molecule has 0 saturated carbocycles. The maximum Gasteiger partial charge on any atom is 0.339 e. The monoisotopic (exact) mass is 262 g/mol. The minimum Gasteiger partial charge on any atom is -0.465 e. The molecule has 19 heavy (non-hydrogen) atoms. The van der Waals surface area contributed by atoms with Crippen molar-refractivity contribution in [3.63, 3.8) is 0 Å². The van der Waals surface area contributed by atoms with Crippen molar-refractivity contribution < 1.29 is 14.3 Å². The lowest BCUT2D eigenvalue weighted by molar-refractivity contribution is -0.120. The molecule has 0 atom stereocenters. The van der Waals surface area contributed by atoms with Gasteiger partial charge < -0.3 is 15.4 Å². The van der Waals surface area contributed by atoms with Gasteiger partial charge in [0, 0.05) is 25.2 Å². The largest absolute Gasteiger partial charge is 0.465 e. The summed E-state index contributed by atoms with van der Waals surface area (Å²) in [6.07, 6.45) is 1.95. The molecule has 0 heterocycles. The van der Waals surface area contributed by atoms with Gasteiger partial charge in [0.15, 0.2) is 0 Å². The highest BCUT2D eigenvalue weighted by molar-refractivity contribution is 5.95. The summed E-state index contributed by atoms with van der Waals surface area (Å²) in [5, 5.41) is 5.73. The van der Waals surface area contributed by atoms with Gasteiger partial charge in [0.05, 0.1) is 12.7 Å². The fraction of sp³-hybridized carbons (Fsp3) is 0.286. The number of esters is 1. The Morgan fingerprint density at radius 2 is 2.11 bits per heavy atom. The number of benzene rings is 1. The first kappa shape index (κ1) is 14.8. The van der Waals surface area contributed by atoms with E-state index >= 15 is 0 Å². The molecular weight excluding hydrogens is 244 g/mol. The van der Waals surface area contributed by atoms with Crippen LogP contribution in [0.2, 0.25) is 0 Å². The van der Waals surface area contributed by atoms with Crippen LogP contribution in [0.25, 0.3) is 0 Å². The van der Waals surface area contributed by atoms with Crippen molar-refractivity contribution in [3.05, 3.63) is 42.5 Å². The van der Waals surface area contributed by atoms with Gasteiger partial charge in [-0.2, -0.15) is 0 Å². The van der Waals surface area contributed by atoms with E-state index in [9.17, 15) is 9.59 Å². The fourth-order valence-corrected chi connectivity index (χ4v) is 1.51. The summed E-state index contributed by atoms with van der Waals surface area (Å²) in [6, 6.07) is 7.01. The zero-order valence-electron chi connectivity index (χ0n) is 10.9. The lowest BCUT2D eigenvalue weighted by Crippen LogP contribution is -2.25. The molecule has 1 aromatic rings. The number of carbonyl (C=O) groups is 2. The minimum absolute atomic E-state index is 0.0667. The molecule has 0 aliphatic carbocycles. The van der Waals surface area contributed by atoms with Crippen LogP contribution in [0.5, 0.6) is 0 Å². The first-order valence-electron chi connectivity index (χ1n) is 5.98. The van der Waals surface area contributed by atoms with Crippen LogP contribution in [-0.2, 0) is 9.53 Å². The number of nitrogens with one attached hydrogen (secondary N) is 2. The van der Waals surface area contributed by atoms with Gasteiger partial charge in [0.2, 0.25) is 5.91 Å². The Hall–Kier alpha value is -2.30. The number of hydrogen-bond acceptors (Lipinski definition) is 4. The number of methoxy groups -OCH3 is 1. The van der Waals surface area contributed by atoms with Crippen molar-refractivity contribution >= 4 is 17.6 Å². The number of rotatable bonds is 7. The molecule has 0 aliphatic rings. The summed E-state index contributed by atoms with van der Waals surface area (Å²) in [5.74, 6) is -0.470. The maximum absolute atomic E-state index is 11.5. The zero-order valence-corrected chi connectivity index (χ0v) is 10.9. The summed E-state index contributed by atoms with van der Waals surface area (Å²) in [6.45, 7) is 4.42. The van der Waals surface area contributed by atoms with Crippen LogP contribution < -0.4 is 10.6 Å². The van der Waals surface area contributed by atoms with Crippen LogP contribution in [0.3, 0.4) is 0 Å². The van der Waals surface area contributed by atoms with E-state index in [2.05, 4.69) is 21.9 Å². The van der Waals surface area contributed by atoms with Crippen LogP contribution >= 0.6 is 0 Å². The average molecular weight is 262 g/mol. The van der Waals surface area contributed by atoms with Crippen LogP contribution in [0.1, 0.15) is 16.8 Å².